The maximum absolute atomic E-state index is 13.2. The first-order chi connectivity index (χ1) is 12.1. The second kappa shape index (κ2) is 7.73. The zero-order chi connectivity index (χ0) is 19.6. The average Bonchev–Trinajstić information content (AvgIpc) is 2.64. The van der Waals surface area contributed by atoms with Gasteiger partial charge >= 0.3 is 11.9 Å². The molecule has 1 aromatic rings. The first-order valence-electron chi connectivity index (χ1n) is 8.17. The van der Waals surface area contributed by atoms with Gasteiger partial charge in [0.15, 0.2) is 0 Å². The van der Waals surface area contributed by atoms with E-state index >= 15 is 0 Å². The molecular formula is C17H24N2O6S. The van der Waals surface area contributed by atoms with Crippen molar-refractivity contribution >= 4 is 22.0 Å². The number of hydrogen-bond acceptors (Lipinski definition) is 7. The number of benzene rings is 1. The molecule has 1 aromatic carbocycles. The summed E-state index contributed by atoms with van der Waals surface area (Å²) in [4.78, 5) is 25.8. The van der Waals surface area contributed by atoms with Gasteiger partial charge in [0.1, 0.15) is 0 Å². The summed E-state index contributed by atoms with van der Waals surface area (Å²) in [6.07, 6.45) is 0. The van der Waals surface area contributed by atoms with Gasteiger partial charge in [-0.05, 0) is 39.1 Å². The molecule has 0 spiro atoms. The van der Waals surface area contributed by atoms with Crippen LogP contribution in [0.15, 0.2) is 23.1 Å². The van der Waals surface area contributed by atoms with Crippen molar-refractivity contribution in [2.45, 2.75) is 30.8 Å². The number of sulfonamides is 1. The molecular weight excluding hydrogens is 360 g/mol. The molecule has 1 aliphatic rings. The fourth-order valence-corrected chi connectivity index (χ4v) is 4.72. The largest absolute Gasteiger partial charge is 0.465 e. The molecule has 1 aliphatic heterocycles. The van der Waals surface area contributed by atoms with Crippen molar-refractivity contribution in [3.63, 3.8) is 0 Å². The zero-order valence-electron chi connectivity index (χ0n) is 15.6. The average molecular weight is 384 g/mol. The van der Waals surface area contributed by atoms with E-state index < -0.39 is 22.0 Å². The molecule has 144 valence electrons. The first-order valence-corrected chi connectivity index (χ1v) is 9.61. The molecule has 0 unspecified atom stereocenters. The van der Waals surface area contributed by atoms with Gasteiger partial charge in [-0.15, -0.1) is 0 Å². The second-order valence-corrected chi connectivity index (χ2v) is 8.20. The molecule has 1 saturated heterocycles. The van der Waals surface area contributed by atoms with Gasteiger partial charge in [0.2, 0.25) is 10.0 Å². The molecule has 0 N–H and O–H groups in total. The number of esters is 2. The Morgan fingerprint density at radius 1 is 0.962 bits per heavy atom. The molecule has 8 nitrogen and oxygen atoms in total. The van der Waals surface area contributed by atoms with Crippen molar-refractivity contribution < 1.29 is 27.5 Å². The molecule has 0 amide bonds. The van der Waals surface area contributed by atoms with E-state index in [0.717, 1.165) is 0 Å². The van der Waals surface area contributed by atoms with Crippen molar-refractivity contribution in [3.8, 4) is 0 Å². The summed E-state index contributed by atoms with van der Waals surface area (Å²) in [5.74, 6) is -1.46. The number of piperazine rings is 1. The van der Waals surface area contributed by atoms with Gasteiger partial charge < -0.3 is 14.4 Å². The summed E-state index contributed by atoms with van der Waals surface area (Å²) in [5, 5.41) is 0. The Labute approximate surface area is 153 Å². The van der Waals surface area contributed by atoms with Gasteiger partial charge in [0, 0.05) is 25.2 Å². The number of likely N-dealkylation sites (N-methyl/N-ethyl adjacent to an activating group) is 1. The predicted octanol–water partition coefficient (Wildman–Crippen LogP) is 0.973. The summed E-state index contributed by atoms with van der Waals surface area (Å²) in [5.41, 5.74) is -0.0485. The summed E-state index contributed by atoms with van der Waals surface area (Å²) < 4.78 is 37.1. The van der Waals surface area contributed by atoms with Gasteiger partial charge in [-0.3, -0.25) is 0 Å². The van der Waals surface area contributed by atoms with Crippen LogP contribution in [0.4, 0.5) is 0 Å². The lowest BCUT2D eigenvalue weighted by Crippen LogP contribution is -2.57. The summed E-state index contributed by atoms with van der Waals surface area (Å²) >= 11 is 0. The molecule has 0 aliphatic carbocycles. The third kappa shape index (κ3) is 3.74. The number of nitrogens with zero attached hydrogens (tertiary/aromatic N) is 2. The van der Waals surface area contributed by atoms with E-state index in [0.29, 0.717) is 13.1 Å². The van der Waals surface area contributed by atoms with E-state index in [1.165, 1.54) is 36.7 Å². The summed E-state index contributed by atoms with van der Waals surface area (Å²) in [6, 6.07) is 3.48. The second-order valence-electron chi connectivity index (χ2n) is 6.31. The van der Waals surface area contributed by atoms with Gasteiger partial charge in [-0.1, -0.05) is 0 Å². The van der Waals surface area contributed by atoms with E-state index in [4.69, 9.17) is 0 Å². The Bertz CT molecular complexity index is 773. The minimum absolute atomic E-state index is 0.0243. The van der Waals surface area contributed by atoms with Crippen LogP contribution in [0, 0.1) is 0 Å². The van der Waals surface area contributed by atoms with E-state index in [9.17, 15) is 18.0 Å². The third-order valence-electron chi connectivity index (χ3n) is 4.88. The molecule has 0 bridgehead atoms. The molecule has 9 heteroatoms. The van der Waals surface area contributed by atoms with E-state index in [-0.39, 0.29) is 28.1 Å². The monoisotopic (exact) mass is 384 g/mol. The number of carbonyl (C=O) groups is 2. The van der Waals surface area contributed by atoms with Gasteiger partial charge in [-0.25, -0.2) is 18.0 Å². The molecule has 2 rings (SSSR count). The van der Waals surface area contributed by atoms with Crippen LogP contribution >= 0.6 is 0 Å². The lowest BCUT2D eigenvalue weighted by Gasteiger charge is -2.42. The van der Waals surface area contributed by atoms with E-state index in [1.54, 1.807) is 0 Å². The van der Waals surface area contributed by atoms with Crippen molar-refractivity contribution in [3.05, 3.63) is 29.3 Å². The Hall–Kier alpha value is -1.97. The van der Waals surface area contributed by atoms with Crippen molar-refractivity contribution in [2.24, 2.45) is 0 Å². The summed E-state index contributed by atoms with van der Waals surface area (Å²) in [6.45, 7) is 4.70. The fraction of sp³-hybridized carbons (Fsp3) is 0.529. The molecule has 0 aromatic heterocycles. The molecule has 26 heavy (non-hydrogen) atoms. The van der Waals surface area contributed by atoms with Gasteiger partial charge in [0.05, 0.1) is 30.2 Å². The minimum Gasteiger partial charge on any atom is -0.465 e. The van der Waals surface area contributed by atoms with Gasteiger partial charge in [0.25, 0.3) is 0 Å². The Morgan fingerprint density at radius 3 is 1.92 bits per heavy atom. The van der Waals surface area contributed by atoms with Crippen molar-refractivity contribution in [2.75, 3.05) is 34.4 Å². The molecule has 1 heterocycles. The fourth-order valence-electron chi connectivity index (χ4n) is 2.97. The van der Waals surface area contributed by atoms with Crippen molar-refractivity contribution in [1.29, 1.82) is 0 Å². The Morgan fingerprint density at radius 2 is 1.46 bits per heavy atom. The number of ether oxygens (including phenoxy) is 2. The molecule has 2 atom stereocenters. The highest BCUT2D eigenvalue weighted by molar-refractivity contribution is 7.89. The van der Waals surface area contributed by atoms with Crippen LogP contribution in [0.25, 0.3) is 0 Å². The van der Waals surface area contributed by atoms with Crippen LogP contribution in [0.5, 0.6) is 0 Å². The highest BCUT2D eigenvalue weighted by Gasteiger charge is 2.37. The Balaban J connectivity index is 2.54. The van der Waals surface area contributed by atoms with Crippen LogP contribution < -0.4 is 0 Å². The number of rotatable bonds is 4. The van der Waals surface area contributed by atoms with E-state index in [1.807, 2.05) is 20.9 Å². The van der Waals surface area contributed by atoms with Crippen LogP contribution in [-0.2, 0) is 19.5 Å². The lowest BCUT2D eigenvalue weighted by molar-refractivity contribution is 0.0598. The standard InChI is InChI=1S/C17H24N2O6S/c1-11-12(2)19(7-6-18(11)3)26(22,23)15-9-13(16(20)24-4)8-14(10-15)17(21)25-5/h8-12H,6-7H2,1-5H3/t11-,12+/m0/s1. The Kier molecular flexibility index (Phi) is 6.05. The molecule has 0 saturated carbocycles. The van der Waals surface area contributed by atoms with Crippen LogP contribution in [0.2, 0.25) is 0 Å². The zero-order valence-corrected chi connectivity index (χ0v) is 16.4. The van der Waals surface area contributed by atoms with Crippen LogP contribution in [-0.4, -0.2) is 76.0 Å². The van der Waals surface area contributed by atoms with Gasteiger partial charge in [-0.2, -0.15) is 4.31 Å². The molecule has 0 radical (unpaired) electrons. The number of hydrogen-bond donors (Lipinski definition) is 0. The summed E-state index contributed by atoms with van der Waals surface area (Å²) in [7, 11) is 0.410. The minimum atomic E-state index is -3.90. The quantitative estimate of drug-likeness (QED) is 0.714. The van der Waals surface area contributed by atoms with Crippen molar-refractivity contribution in [1.82, 2.24) is 9.21 Å². The highest BCUT2D eigenvalue weighted by atomic mass is 32.2. The topological polar surface area (TPSA) is 93.2 Å². The normalized spacial score (nSPS) is 22.0. The van der Waals surface area contributed by atoms with Crippen LogP contribution in [0.1, 0.15) is 34.6 Å². The third-order valence-corrected chi connectivity index (χ3v) is 6.84. The van der Waals surface area contributed by atoms with Crippen LogP contribution in [0.3, 0.4) is 0 Å². The first kappa shape index (κ1) is 20.3. The molecule has 1 fully saturated rings. The van der Waals surface area contributed by atoms with E-state index in [2.05, 4.69) is 14.4 Å². The number of methoxy groups -OCH3 is 2. The maximum atomic E-state index is 13.2. The SMILES string of the molecule is COC(=O)c1cc(C(=O)OC)cc(S(=O)(=O)N2CCN(C)[C@@H](C)[C@H]2C)c1. The number of carbonyl (C=O) groups excluding carboxylic acids is 2. The predicted molar refractivity (Wildman–Crippen MR) is 94.6 cm³/mol. The maximum Gasteiger partial charge on any atom is 0.337 e. The lowest BCUT2D eigenvalue weighted by atomic mass is 10.1. The smallest absolute Gasteiger partial charge is 0.337 e. The highest BCUT2D eigenvalue weighted by Crippen LogP contribution is 2.26.